The van der Waals surface area contributed by atoms with Crippen molar-refractivity contribution in [2.45, 2.75) is 6.10 Å². The Morgan fingerprint density at radius 2 is 2.12 bits per heavy atom. The number of hydrogen-bond donors (Lipinski definition) is 2. The average molecular weight is 275 g/mol. The molecule has 0 aliphatic heterocycles. The van der Waals surface area contributed by atoms with Crippen molar-refractivity contribution in [2.75, 3.05) is 0 Å². The summed E-state index contributed by atoms with van der Waals surface area (Å²) >= 11 is 8.23. The molecule has 0 radical (unpaired) electrons. The number of carboxylic acids is 1. The first-order valence-corrected chi connectivity index (χ1v) is 6.41. The Hall–Kier alpha value is -0.880. The van der Waals surface area contributed by atoms with Crippen LogP contribution < -0.4 is 0 Å². The second kappa shape index (κ2) is 4.55. The molecular formula is C10H7ClO3S2. The molecule has 2 N–H and O–H groups in total. The fourth-order valence-electron chi connectivity index (χ4n) is 1.31. The first kappa shape index (κ1) is 11.6. The molecule has 2 rings (SSSR count). The summed E-state index contributed by atoms with van der Waals surface area (Å²) in [6, 6.07) is 4.86. The van der Waals surface area contributed by atoms with Gasteiger partial charge < -0.3 is 10.2 Å². The summed E-state index contributed by atoms with van der Waals surface area (Å²) in [6.45, 7) is 0. The number of rotatable bonds is 3. The van der Waals surface area contributed by atoms with Gasteiger partial charge in [-0.15, -0.1) is 22.7 Å². The Morgan fingerprint density at radius 1 is 1.38 bits per heavy atom. The van der Waals surface area contributed by atoms with Crippen molar-refractivity contribution < 1.29 is 15.0 Å². The van der Waals surface area contributed by atoms with Gasteiger partial charge in [0.2, 0.25) is 0 Å². The van der Waals surface area contributed by atoms with Crippen LogP contribution >= 0.6 is 34.3 Å². The number of aromatic carboxylic acids is 1. The van der Waals surface area contributed by atoms with E-state index in [1.54, 1.807) is 17.5 Å². The predicted octanol–water partition coefficient (Wildman–Crippen LogP) is 3.24. The van der Waals surface area contributed by atoms with Crippen molar-refractivity contribution in [3.63, 3.8) is 0 Å². The molecule has 2 heterocycles. The van der Waals surface area contributed by atoms with Gasteiger partial charge in [0, 0.05) is 4.88 Å². The fraction of sp³-hybridized carbons (Fsp3) is 0.100. The Kier molecular flexibility index (Phi) is 3.30. The number of aliphatic hydroxyl groups excluding tert-OH is 1. The molecule has 0 aliphatic rings. The van der Waals surface area contributed by atoms with E-state index in [0.717, 1.165) is 0 Å². The van der Waals surface area contributed by atoms with Crippen molar-refractivity contribution in [1.82, 2.24) is 0 Å². The molecule has 1 atom stereocenters. The van der Waals surface area contributed by atoms with Gasteiger partial charge in [0.05, 0.1) is 14.8 Å². The van der Waals surface area contributed by atoms with E-state index in [1.165, 1.54) is 28.7 Å². The molecule has 1 unspecified atom stereocenters. The lowest BCUT2D eigenvalue weighted by atomic mass is 10.1. The molecule has 2 aromatic heterocycles. The zero-order valence-electron chi connectivity index (χ0n) is 7.88. The third kappa shape index (κ3) is 2.12. The highest BCUT2D eigenvalue weighted by molar-refractivity contribution is 7.16. The lowest BCUT2D eigenvalue weighted by Crippen LogP contribution is -2.03. The van der Waals surface area contributed by atoms with E-state index in [4.69, 9.17) is 16.7 Å². The van der Waals surface area contributed by atoms with Gasteiger partial charge in [0.25, 0.3) is 0 Å². The normalized spacial score (nSPS) is 12.6. The predicted molar refractivity (Wildman–Crippen MR) is 64.7 cm³/mol. The van der Waals surface area contributed by atoms with E-state index >= 15 is 0 Å². The van der Waals surface area contributed by atoms with Crippen LogP contribution in [0, 0.1) is 0 Å². The molecule has 0 saturated heterocycles. The minimum atomic E-state index is -1.03. The molecule has 6 heteroatoms. The van der Waals surface area contributed by atoms with E-state index in [-0.39, 0.29) is 5.56 Å². The number of halogens is 1. The van der Waals surface area contributed by atoms with Gasteiger partial charge in [-0.3, -0.25) is 0 Å². The van der Waals surface area contributed by atoms with Crippen molar-refractivity contribution in [3.05, 3.63) is 43.2 Å². The number of aliphatic hydroxyl groups is 1. The molecule has 0 aromatic carbocycles. The first-order valence-electron chi connectivity index (χ1n) is 4.33. The first-order chi connectivity index (χ1) is 7.59. The molecule has 84 valence electrons. The largest absolute Gasteiger partial charge is 0.478 e. The van der Waals surface area contributed by atoms with E-state index < -0.39 is 12.1 Å². The standard InChI is InChI=1S/C10H7ClO3S2/c11-7-2-1-6(16-7)8(12)9-5(10(13)14)3-4-15-9/h1-4,8,12H,(H,13,14). The van der Waals surface area contributed by atoms with Crippen LogP contribution in [0.5, 0.6) is 0 Å². The van der Waals surface area contributed by atoms with E-state index in [2.05, 4.69) is 0 Å². The summed E-state index contributed by atoms with van der Waals surface area (Å²) in [5.41, 5.74) is 0.141. The molecule has 16 heavy (non-hydrogen) atoms. The minimum Gasteiger partial charge on any atom is -0.478 e. The van der Waals surface area contributed by atoms with Crippen LogP contribution in [0.4, 0.5) is 0 Å². The highest BCUT2D eigenvalue weighted by Gasteiger charge is 2.21. The topological polar surface area (TPSA) is 57.5 Å². The Morgan fingerprint density at radius 3 is 2.69 bits per heavy atom. The van der Waals surface area contributed by atoms with Gasteiger partial charge in [0.15, 0.2) is 0 Å². The third-order valence-electron chi connectivity index (χ3n) is 2.04. The van der Waals surface area contributed by atoms with Crippen molar-refractivity contribution in [1.29, 1.82) is 0 Å². The molecule has 0 fully saturated rings. The molecule has 0 spiro atoms. The van der Waals surface area contributed by atoms with Crippen molar-refractivity contribution in [2.24, 2.45) is 0 Å². The summed E-state index contributed by atoms with van der Waals surface area (Å²) < 4.78 is 0.572. The van der Waals surface area contributed by atoms with Crippen LogP contribution in [-0.4, -0.2) is 16.2 Å². The molecule has 0 saturated carbocycles. The smallest absolute Gasteiger partial charge is 0.336 e. The summed E-state index contributed by atoms with van der Waals surface area (Å²) in [5.74, 6) is -1.03. The van der Waals surface area contributed by atoms with Gasteiger partial charge in [0.1, 0.15) is 6.10 Å². The van der Waals surface area contributed by atoms with E-state index in [1.807, 2.05) is 0 Å². The zero-order valence-corrected chi connectivity index (χ0v) is 10.3. The third-order valence-corrected chi connectivity index (χ3v) is 4.29. The van der Waals surface area contributed by atoms with E-state index in [9.17, 15) is 9.90 Å². The highest BCUT2D eigenvalue weighted by atomic mass is 35.5. The molecule has 0 bridgehead atoms. The summed E-state index contributed by atoms with van der Waals surface area (Å²) in [5, 5.41) is 20.6. The average Bonchev–Trinajstić information content (AvgIpc) is 2.84. The Bertz CT molecular complexity index is 518. The molecular weight excluding hydrogens is 268 g/mol. The van der Waals surface area contributed by atoms with E-state index in [0.29, 0.717) is 14.1 Å². The van der Waals surface area contributed by atoms with Gasteiger partial charge in [-0.1, -0.05) is 11.6 Å². The maximum Gasteiger partial charge on any atom is 0.336 e. The van der Waals surface area contributed by atoms with Gasteiger partial charge in [-0.25, -0.2) is 4.79 Å². The van der Waals surface area contributed by atoms with Crippen molar-refractivity contribution >= 4 is 40.2 Å². The monoisotopic (exact) mass is 274 g/mol. The van der Waals surface area contributed by atoms with Crippen LogP contribution in [0.25, 0.3) is 0 Å². The lowest BCUT2D eigenvalue weighted by Gasteiger charge is -2.07. The van der Waals surface area contributed by atoms with Crippen LogP contribution in [-0.2, 0) is 0 Å². The Balaban J connectivity index is 2.37. The number of thiophene rings is 2. The molecule has 3 nitrogen and oxygen atoms in total. The summed E-state index contributed by atoms with van der Waals surface area (Å²) in [7, 11) is 0. The van der Waals surface area contributed by atoms with Crippen LogP contribution in [0.3, 0.4) is 0 Å². The zero-order chi connectivity index (χ0) is 11.7. The van der Waals surface area contributed by atoms with Gasteiger partial charge in [-0.2, -0.15) is 0 Å². The maximum atomic E-state index is 10.9. The van der Waals surface area contributed by atoms with Crippen LogP contribution in [0.15, 0.2) is 23.6 Å². The van der Waals surface area contributed by atoms with Gasteiger partial charge in [-0.05, 0) is 23.6 Å². The summed E-state index contributed by atoms with van der Waals surface area (Å²) in [4.78, 5) is 12.0. The quantitative estimate of drug-likeness (QED) is 0.903. The Labute approximate surface area is 105 Å². The highest BCUT2D eigenvalue weighted by Crippen LogP contribution is 2.34. The molecule has 0 amide bonds. The SMILES string of the molecule is O=C(O)c1ccsc1C(O)c1ccc(Cl)s1. The lowest BCUT2D eigenvalue weighted by molar-refractivity contribution is 0.0692. The van der Waals surface area contributed by atoms with Gasteiger partial charge >= 0.3 is 5.97 Å². The second-order valence-electron chi connectivity index (χ2n) is 3.05. The second-order valence-corrected chi connectivity index (χ2v) is 5.74. The van der Waals surface area contributed by atoms with Crippen LogP contribution in [0.2, 0.25) is 4.34 Å². The number of carbonyl (C=O) groups is 1. The molecule has 2 aromatic rings. The summed E-state index contributed by atoms with van der Waals surface area (Å²) in [6.07, 6.45) is -0.913. The van der Waals surface area contributed by atoms with Crippen LogP contribution in [0.1, 0.15) is 26.2 Å². The fourth-order valence-corrected chi connectivity index (χ4v) is 3.33. The minimum absolute atomic E-state index is 0.141. The number of carboxylic acid groups (broad SMARTS) is 1. The number of hydrogen-bond acceptors (Lipinski definition) is 4. The maximum absolute atomic E-state index is 10.9. The van der Waals surface area contributed by atoms with Crippen molar-refractivity contribution in [3.8, 4) is 0 Å². The molecule has 0 aliphatic carbocycles.